The molecule has 2 unspecified atom stereocenters. The number of nitrogens with two attached hydrogens (primary N) is 1. The van der Waals surface area contributed by atoms with E-state index in [1.165, 1.54) is 7.11 Å². The number of hydrogen-bond donors (Lipinski definition) is 1. The van der Waals surface area contributed by atoms with Crippen LogP contribution in [0.1, 0.15) is 25.0 Å². The number of hydrogen-bond acceptors (Lipinski definition) is 5. The number of esters is 1. The molecule has 2 rings (SSSR count). The van der Waals surface area contributed by atoms with Gasteiger partial charge in [-0.15, -0.1) is 0 Å². The smallest absolute Gasteiger partial charge is 0.325 e. The number of ether oxygens (including phenoxy) is 1. The van der Waals surface area contributed by atoms with Crippen molar-refractivity contribution in [3.05, 3.63) is 24.2 Å². The monoisotopic (exact) mass is 255 g/mol. The van der Waals surface area contributed by atoms with Crippen molar-refractivity contribution in [3.63, 3.8) is 0 Å². The Hall–Kier alpha value is -0.940. The first kappa shape index (κ1) is 12.5. The molecule has 5 heteroatoms. The Morgan fingerprint density at radius 1 is 1.76 bits per heavy atom. The van der Waals surface area contributed by atoms with E-state index in [0.29, 0.717) is 18.1 Å². The van der Waals surface area contributed by atoms with Crippen LogP contribution >= 0.6 is 11.8 Å². The van der Waals surface area contributed by atoms with Gasteiger partial charge < -0.3 is 14.9 Å². The van der Waals surface area contributed by atoms with E-state index in [9.17, 15) is 4.79 Å². The lowest BCUT2D eigenvalue weighted by Gasteiger charge is -2.20. The molecule has 0 radical (unpaired) electrons. The molecule has 1 aliphatic rings. The van der Waals surface area contributed by atoms with Gasteiger partial charge in [0.15, 0.2) is 0 Å². The molecular weight excluding hydrogens is 238 g/mol. The number of furan rings is 1. The van der Waals surface area contributed by atoms with Crippen LogP contribution in [0.3, 0.4) is 0 Å². The first-order valence-electron chi connectivity index (χ1n) is 5.65. The molecule has 2 N–H and O–H groups in total. The van der Waals surface area contributed by atoms with Crippen molar-refractivity contribution in [1.29, 1.82) is 0 Å². The largest absolute Gasteiger partial charge is 0.468 e. The summed E-state index contributed by atoms with van der Waals surface area (Å²) in [7, 11) is 1.39. The van der Waals surface area contributed by atoms with Crippen molar-refractivity contribution >= 4 is 17.7 Å². The summed E-state index contributed by atoms with van der Waals surface area (Å²) < 4.78 is 10.0. The number of carbonyl (C=O) groups excluding carboxylic acids is 1. The topological polar surface area (TPSA) is 65.5 Å². The molecule has 0 aromatic carbocycles. The van der Waals surface area contributed by atoms with Gasteiger partial charge in [0.25, 0.3) is 0 Å². The first-order chi connectivity index (χ1) is 8.14. The minimum atomic E-state index is -0.782. The van der Waals surface area contributed by atoms with Gasteiger partial charge in [-0.25, -0.2) is 0 Å². The zero-order valence-corrected chi connectivity index (χ0v) is 10.7. The van der Waals surface area contributed by atoms with Gasteiger partial charge in [-0.1, -0.05) is 0 Å². The van der Waals surface area contributed by atoms with E-state index < -0.39 is 5.54 Å². The summed E-state index contributed by atoms with van der Waals surface area (Å²) in [5, 5.41) is 0.407. The van der Waals surface area contributed by atoms with Crippen LogP contribution in [0.2, 0.25) is 0 Å². The average Bonchev–Trinajstić information content (AvgIpc) is 2.95. The quantitative estimate of drug-likeness (QED) is 0.833. The molecule has 1 aromatic rings. The summed E-state index contributed by atoms with van der Waals surface area (Å²) in [6.07, 6.45) is 4.02. The molecule has 1 saturated carbocycles. The highest BCUT2D eigenvalue weighted by Crippen LogP contribution is 2.37. The third-order valence-electron chi connectivity index (χ3n) is 3.14. The number of methoxy groups -OCH3 is 1. The molecule has 0 amide bonds. The Labute approximate surface area is 105 Å². The molecule has 1 heterocycles. The Bertz CT molecular complexity index is 379. The highest BCUT2D eigenvalue weighted by atomic mass is 32.2. The van der Waals surface area contributed by atoms with Crippen LogP contribution < -0.4 is 5.73 Å². The minimum absolute atomic E-state index is 0.293. The standard InChI is InChI=1S/C12H17NO3S/c1-15-11(14)12(13)5-4-10(7-12)17-8-9-3-2-6-16-9/h2-3,6,10H,4-5,7-8,13H2,1H3. The van der Waals surface area contributed by atoms with Crippen LogP contribution in [0.4, 0.5) is 0 Å². The Morgan fingerprint density at radius 3 is 3.24 bits per heavy atom. The fourth-order valence-electron chi connectivity index (χ4n) is 2.15. The second-order valence-corrected chi connectivity index (χ2v) is 5.69. The number of carbonyl (C=O) groups is 1. The molecule has 1 aromatic heterocycles. The third kappa shape index (κ3) is 2.84. The van der Waals surface area contributed by atoms with E-state index in [1.54, 1.807) is 18.0 Å². The van der Waals surface area contributed by atoms with E-state index in [4.69, 9.17) is 14.9 Å². The van der Waals surface area contributed by atoms with E-state index in [2.05, 4.69) is 0 Å². The minimum Gasteiger partial charge on any atom is -0.468 e. The molecular formula is C12H17NO3S. The van der Waals surface area contributed by atoms with Gasteiger partial charge in [-0.05, 0) is 31.4 Å². The summed E-state index contributed by atoms with van der Waals surface area (Å²) in [6.45, 7) is 0. The van der Waals surface area contributed by atoms with Crippen LogP contribution in [-0.2, 0) is 15.3 Å². The summed E-state index contributed by atoms with van der Waals surface area (Å²) in [5.41, 5.74) is 5.26. The fourth-order valence-corrected chi connectivity index (χ4v) is 3.42. The molecule has 2 atom stereocenters. The molecule has 0 spiro atoms. The number of thioether (sulfide) groups is 1. The molecule has 0 aliphatic heterocycles. The maximum absolute atomic E-state index is 11.5. The summed E-state index contributed by atoms with van der Waals surface area (Å²) in [5.74, 6) is 1.50. The van der Waals surface area contributed by atoms with Crippen molar-refractivity contribution in [3.8, 4) is 0 Å². The molecule has 4 nitrogen and oxygen atoms in total. The normalized spacial score (nSPS) is 28.2. The maximum atomic E-state index is 11.5. The molecule has 94 valence electrons. The maximum Gasteiger partial charge on any atom is 0.325 e. The van der Waals surface area contributed by atoms with E-state index in [1.807, 2.05) is 12.1 Å². The molecule has 17 heavy (non-hydrogen) atoms. The molecule has 0 saturated heterocycles. The van der Waals surface area contributed by atoms with Crippen molar-refractivity contribution in [2.24, 2.45) is 5.73 Å². The Kier molecular flexibility index (Phi) is 3.79. The SMILES string of the molecule is COC(=O)C1(N)CCC(SCc2ccco2)C1. The highest BCUT2D eigenvalue weighted by molar-refractivity contribution is 7.99. The van der Waals surface area contributed by atoms with Gasteiger partial charge in [0.05, 0.1) is 19.1 Å². The zero-order valence-electron chi connectivity index (χ0n) is 9.85. The van der Waals surface area contributed by atoms with Crippen LogP contribution in [0.5, 0.6) is 0 Å². The van der Waals surface area contributed by atoms with Gasteiger partial charge in [0, 0.05) is 5.25 Å². The van der Waals surface area contributed by atoms with E-state index in [-0.39, 0.29) is 5.97 Å². The molecule has 1 fully saturated rings. The van der Waals surface area contributed by atoms with Crippen LogP contribution in [0.25, 0.3) is 0 Å². The lowest BCUT2D eigenvalue weighted by molar-refractivity contribution is -0.146. The highest BCUT2D eigenvalue weighted by Gasteiger charge is 2.43. The predicted octanol–water partition coefficient (Wildman–Crippen LogP) is 1.94. The predicted molar refractivity (Wildman–Crippen MR) is 66.6 cm³/mol. The second kappa shape index (κ2) is 5.14. The zero-order chi connectivity index (χ0) is 12.3. The first-order valence-corrected chi connectivity index (χ1v) is 6.70. The number of rotatable bonds is 4. The van der Waals surface area contributed by atoms with Crippen molar-refractivity contribution in [2.45, 2.75) is 35.8 Å². The van der Waals surface area contributed by atoms with Gasteiger partial charge in [0.2, 0.25) is 0 Å². The van der Waals surface area contributed by atoms with Crippen molar-refractivity contribution < 1.29 is 13.9 Å². The lowest BCUT2D eigenvalue weighted by atomic mass is 10.00. The van der Waals surface area contributed by atoms with E-state index >= 15 is 0 Å². The second-order valence-electron chi connectivity index (χ2n) is 4.40. The summed E-state index contributed by atoms with van der Waals surface area (Å²) in [6, 6.07) is 3.84. The van der Waals surface area contributed by atoms with Crippen LogP contribution in [0, 0.1) is 0 Å². The summed E-state index contributed by atoms with van der Waals surface area (Å²) in [4.78, 5) is 11.5. The molecule has 0 bridgehead atoms. The fraction of sp³-hybridized carbons (Fsp3) is 0.583. The average molecular weight is 255 g/mol. The lowest BCUT2D eigenvalue weighted by Crippen LogP contribution is -2.46. The van der Waals surface area contributed by atoms with Crippen LogP contribution in [0.15, 0.2) is 22.8 Å². The van der Waals surface area contributed by atoms with Gasteiger partial charge in [-0.2, -0.15) is 11.8 Å². The molecule has 1 aliphatic carbocycles. The Morgan fingerprint density at radius 2 is 2.59 bits per heavy atom. The van der Waals surface area contributed by atoms with Crippen LogP contribution in [-0.4, -0.2) is 23.9 Å². The third-order valence-corrected chi connectivity index (χ3v) is 4.46. The van der Waals surface area contributed by atoms with Crippen molar-refractivity contribution in [1.82, 2.24) is 0 Å². The van der Waals surface area contributed by atoms with Gasteiger partial charge in [-0.3, -0.25) is 4.79 Å². The Balaban J connectivity index is 1.84. The van der Waals surface area contributed by atoms with Gasteiger partial charge in [0.1, 0.15) is 11.3 Å². The van der Waals surface area contributed by atoms with E-state index in [0.717, 1.165) is 17.9 Å². The van der Waals surface area contributed by atoms with Gasteiger partial charge >= 0.3 is 5.97 Å². The summed E-state index contributed by atoms with van der Waals surface area (Å²) >= 11 is 1.79. The van der Waals surface area contributed by atoms with Crippen molar-refractivity contribution in [2.75, 3.05) is 7.11 Å².